The highest BCUT2D eigenvalue weighted by atomic mass is 19.4. The molecule has 1 aliphatic rings. The first-order valence-corrected chi connectivity index (χ1v) is 19.7. The van der Waals surface area contributed by atoms with E-state index in [0.29, 0.717) is 22.4 Å². The average Bonchev–Trinajstić information content (AvgIpc) is 3.72. The lowest BCUT2D eigenvalue weighted by molar-refractivity contribution is -0.295. The van der Waals surface area contributed by atoms with E-state index in [1.54, 1.807) is 54.6 Å². The van der Waals surface area contributed by atoms with Crippen molar-refractivity contribution in [3.05, 3.63) is 142 Å². The number of fused-ring (bicyclic) bond motifs is 1. The molecule has 4 aromatic carbocycles. The standard InChI is InChI=1S/C47H45BF10N2O2/c1-28-13-22-34(29(2)23-28)41-36-12-10-9-11-35(36)38(59-41)25-40-37(30-14-18-32(19-15-30)42(3,4)5)24-39(31-16-20-33(21-17-31)43(6,7)8)60(40)48(61-26-44(49,50)46(53,54)55)62-27-45(51,52)47(56,57)58/h9-25H,26-27H2,1-8H3/b38-25-. The summed E-state index contributed by atoms with van der Waals surface area (Å²) in [6, 6.07) is 28.3. The van der Waals surface area contributed by atoms with Gasteiger partial charge in [0.2, 0.25) is 0 Å². The smallest absolute Gasteiger partial charge is 0.385 e. The highest BCUT2D eigenvalue weighted by Crippen LogP contribution is 2.42. The van der Waals surface area contributed by atoms with Crippen LogP contribution in [0.5, 0.6) is 0 Å². The van der Waals surface area contributed by atoms with Crippen LogP contribution >= 0.6 is 0 Å². The molecular formula is C47H45BF10N2O2. The van der Waals surface area contributed by atoms with Gasteiger partial charge in [-0.1, -0.05) is 138 Å². The van der Waals surface area contributed by atoms with Gasteiger partial charge in [-0.15, -0.1) is 0 Å². The van der Waals surface area contributed by atoms with Crippen molar-refractivity contribution < 1.29 is 53.2 Å². The van der Waals surface area contributed by atoms with Gasteiger partial charge in [0.1, 0.15) is 13.2 Å². The lowest BCUT2D eigenvalue weighted by Gasteiger charge is -2.26. The topological polar surface area (TPSA) is 35.8 Å². The van der Waals surface area contributed by atoms with Crippen LogP contribution in [0.15, 0.2) is 102 Å². The summed E-state index contributed by atoms with van der Waals surface area (Å²) in [7, 11) is -2.71. The van der Waals surface area contributed by atoms with Gasteiger partial charge in [0.15, 0.2) is 0 Å². The van der Waals surface area contributed by atoms with Crippen LogP contribution in [0.4, 0.5) is 43.9 Å². The number of hydrogen-bond donors (Lipinski definition) is 0. The molecule has 0 aliphatic carbocycles. The van der Waals surface area contributed by atoms with Crippen LogP contribution in [0.25, 0.3) is 34.2 Å². The van der Waals surface area contributed by atoms with Gasteiger partial charge >= 0.3 is 31.5 Å². The zero-order valence-corrected chi connectivity index (χ0v) is 35.3. The molecule has 0 saturated heterocycles. The Balaban J connectivity index is 1.70. The monoisotopic (exact) mass is 870 g/mol. The first-order valence-electron chi connectivity index (χ1n) is 19.7. The Morgan fingerprint density at radius 3 is 1.52 bits per heavy atom. The molecule has 2 heterocycles. The van der Waals surface area contributed by atoms with Crippen molar-refractivity contribution in [3.8, 4) is 22.4 Å². The Kier molecular flexibility index (Phi) is 12.4. The number of nitrogens with zero attached hydrogens (tertiary/aromatic N) is 2. The van der Waals surface area contributed by atoms with Crippen molar-refractivity contribution in [2.45, 2.75) is 90.4 Å². The summed E-state index contributed by atoms with van der Waals surface area (Å²) in [6.07, 6.45) is -10.9. The van der Waals surface area contributed by atoms with Crippen LogP contribution in [0.3, 0.4) is 0 Å². The van der Waals surface area contributed by atoms with Gasteiger partial charge in [0, 0.05) is 33.6 Å². The molecule has 0 fully saturated rings. The molecule has 0 spiro atoms. The van der Waals surface area contributed by atoms with Gasteiger partial charge in [0.25, 0.3) is 0 Å². The van der Waals surface area contributed by atoms with Gasteiger partial charge in [-0.25, -0.2) is 4.99 Å². The normalized spacial score (nSPS) is 14.7. The third-order valence-electron chi connectivity index (χ3n) is 10.6. The Hall–Kier alpha value is -5.15. The molecular weight excluding hydrogens is 825 g/mol. The second-order valence-electron chi connectivity index (χ2n) is 17.5. The van der Waals surface area contributed by atoms with Crippen molar-refractivity contribution in [2.75, 3.05) is 13.2 Å². The molecule has 62 heavy (non-hydrogen) atoms. The molecule has 0 radical (unpaired) electrons. The summed E-state index contributed by atoms with van der Waals surface area (Å²) in [5.74, 6) is -11.1. The maximum absolute atomic E-state index is 14.6. The Morgan fingerprint density at radius 2 is 1.05 bits per heavy atom. The molecule has 0 amide bonds. The van der Waals surface area contributed by atoms with Crippen molar-refractivity contribution in [1.82, 2.24) is 4.48 Å². The molecule has 4 nitrogen and oxygen atoms in total. The van der Waals surface area contributed by atoms with Gasteiger partial charge in [-0.05, 0) is 64.6 Å². The largest absolute Gasteiger partial charge is 0.598 e. The van der Waals surface area contributed by atoms with Crippen molar-refractivity contribution in [2.24, 2.45) is 4.99 Å². The van der Waals surface area contributed by atoms with Crippen LogP contribution < -0.4 is 0 Å². The third-order valence-corrected chi connectivity index (χ3v) is 10.6. The predicted molar refractivity (Wildman–Crippen MR) is 224 cm³/mol. The number of rotatable bonds is 11. The van der Waals surface area contributed by atoms with E-state index in [4.69, 9.17) is 14.3 Å². The maximum atomic E-state index is 14.6. The summed E-state index contributed by atoms with van der Waals surface area (Å²) >= 11 is 0. The highest BCUT2D eigenvalue weighted by molar-refractivity contribution is 6.44. The second kappa shape index (κ2) is 16.5. The summed E-state index contributed by atoms with van der Waals surface area (Å²) in [4.78, 5) is 4.99. The fraction of sp³-hybridized carbons (Fsp3) is 0.340. The summed E-state index contributed by atoms with van der Waals surface area (Å²) in [6.45, 7) is 10.7. The molecule has 0 atom stereocenters. The van der Waals surface area contributed by atoms with Crippen LogP contribution in [-0.2, 0) is 20.1 Å². The fourth-order valence-electron chi connectivity index (χ4n) is 7.05. The van der Waals surface area contributed by atoms with Crippen LogP contribution in [0.1, 0.15) is 86.2 Å². The molecule has 1 aromatic heterocycles. The lowest BCUT2D eigenvalue weighted by atomic mass is 9.86. The first-order chi connectivity index (χ1) is 28.6. The zero-order valence-electron chi connectivity index (χ0n) is 35.3. The van der Waals surface area contributed by atoms with E-state index in [9.17, 15) is 43.9 Å². The summed E-state index contributed by atoms with van der Waals surface area (Å²) in [5, 5.41) is 0. The number of aryl methyl sites for hydroxylation is 2. The number of hydrogen-bond acceptors (Lipinski definition) is 3. The molecule has 0 saturated carbocycles. The molecule has 0 unspecified atom stereocenters. The molecule has 15 heteroatoms. The fourth-order valence-corrected chi connectivity index (χ4v) is 7.05. The highest BCUT2D eigenvalue weighted by Gasteiger charge is 2.60. The van der Waals surface area contributed by atoms with Crippen LogP contribution in [0, 0.1) is 13.8 Å². The number of alkyl halides is 10. The van der Waals surface area contributed by atoms with Crippen LogP contribution in [0.2, 0.25) is 0 Å². The lowest BCUT2D eigenvalue weighted by Crippen LogP contribution is -2.48. The van der Waals surface area contributed by atoms with E-state index in [1.807, 2.05) is 91.8 Å². The second-order valence-corrected chi connectivity index (χ2v) is 17.5. The average molecular weight is 871 g/mol. The SMILES string of the molecule is Cc1ccc(C2=N/C(=C\c3c(-c4ccc(C(C)(C)C)cc4)cc(-c4ccc(C(C)(C)C)cc4)n3B(OCC(F)(F)C(F)(F)F)OCC(F)(F)C(F)(F)F)c3ccccc32)c(C)c1. The molecule has 0 N–H and O–H groups in total. The first kappa shape index (κ1) is 46.4. The minimum atomic E-state index is -6.17. The van der Waals surface area contributed by atoms with E-state index in [0.717, 1.165) is 32.3 Å². The third kappa shape index (κ3) is 9.58. The minimum Gasteiger partial charge on any atom is -0.385 e. The number of benzene rings is 4. The molecule has 6 rings (SSSR count). The quantitative estimate of drug-likeness (QED) is 0.0979. The van der Waals surface area contributed by atoms with E-state index in [-0.39, 0.29) is 39.0 Å². The van der Waals surface area contributed by atoms with Gasteiger partial charge in [-0.2, -0.15) is 43.9 Å². The summed E-state index contributed by atoms with van der Waals surface area (Å²) < 4.78 is 151. The van der Waals surface area contributed by atoms with Crippen LogP contribution in [-0.4, -0.2) is 54.9 Å². The Morgan fingerprint density at radius 1 is 0.565 bits per heavy atom. The molecule has 5 aromatic rings. The van der Waals surface area contributed by atoms with Gasteiger partial charge < -0.3 is 13.8 Å². The van der Waals surface area contributed by atoms with Gasteiger partial charge in [0.05, 0.1) is 11.4 Å². The van der Waals surface area contributed by atoms with Crippen molar-refractivity contribution in [3.63, 3.8) is 0 Å². The summed E-state index contributed by atoms with van der Waals surface area (Å²) in [5.41, 5.74) is 6.78. The number of halogens is 10. The molecule has 1 aliphatic heterocycles. The zero-order chi connectivity index (χ0) is 45.8. The van der Waals surface area contributed by atoms with Gasteiger partial charge in [-0.3, -0.25) is 0 Å². The van der Waals surface area contributed by atoms with E-state index >= 15 is 0 Å². The molecule has 328 valence electrons. The van der Waals surface area contributed by atoms with Crippen molar-refractivity contribution >= 4 is 24.7 Å². The predicted octanol–water partition coefficient (Wildman–Crippen LogP) is 13.6. The maximum Gasteiger partial charge on any atom is 0.598 e. The van der Waals surface area contributed by atoms with E-state index < -0.39 is 44.7 Å². The molecule has 0 bridgehead atoms. The van der Waals surface area contributed by atoms with Crippen molar-refractivity contribution in [1.29, 1.82) is 0 Å². The van der Waals surface area contributed by atoms with E-state index in [1.165, 1.54) is 12.1 Å². The number of aromatic nitrogens is 1. The number of aliphatic imine (C=N–C) groups is 1. The minimum absolute atomic E-state index is 0.0206. The Labute approximate surface area is 354 Å². The van der Waals surface area contributed by atoms with E-state index in [2.05, 4.69) is 0 Å². The Bertz CT molecular complexity index is 2460.